The fourth-order valence-corrected chi connectivity index (χ4v) is 2.69. The molecule has 9 heteroatoms. The van der Waals surface area contributed by atoms with E-state index in [9.17, 15) is 27.2 Å². The molecule has 1 aliphatic rings. The highest BCUT2D eigenvalue weighted by atomic mass is 19.4. The van der Waals surface area contributed by atoms with Crippen LogP contribution in [0.4, 0.5) is 17.6 Å². The number of likely N-dealkylation sites (tertiary alicyclic amines) is 1. The number of carboxylic acids is 1. The topological polar surface area (TPSA) is 66.8 Å². The van der Waals surface area contributed by atoms with E-state index in [0.717, 1.165) is 4.90 Å². The predicted molar refractivity (Wildman–Crippen MR) is 78.4 cm³/mol. The number of aliphatic carboxylic acids is 1. The molecule has 2 rings (SSSR count). The molecule has 2 atom stereocenters. The Balaban J connectivity index is 1.80. The molecule has 1 heterocycles. The second kappa shape index (κ2) is 7.71. The van der Waals surface area contributed by atoms with Gasteiger partial charge < -0.3 is 14.7 Å². The predicted octanol–water partition coefficient (Wildman–Crippen LogP) is 2.71. The highest BCUT2D eigenvalue weighted by Crippen LogP contribution is 2.37. The number of rotatable bonds is 6. The molecule has 0 radical (unpaired) electrons. The summed E-state index contributed by atoms with van der Waals surface area (Å²) >= 11 is 0. The molecule has 5 nitrogen and oxygen atoms in total. The summed E-state index contributed by atoms with van der Waals surface area (Å²) in [5, 5.41) is 8.92. The van der Waals surface area contributed by atoms with Crippen LogP contribution in [0.15, 0.2) is 24.3 Å². The van der Waals surface area contributed by atoms with Crippen molar-refractivity contribution in [2.45, 2.75) is 19.0 Å². The van der Waals surface area contributed by atoms with Crippen molar-refractivity contribution < 1.29 is 37.0 Å². The summed E-state index contributed by atoms with van der Waals surface area (Å²) in [6.45, 7) is -0.953. The lowest BCUT2D eigenvalue weighted by Gasteiger charge is -2.18. The van der Waals surface area contributed by atoms with Gasteiger partial charge in [-0.05, 0) is 30.7 Å². The van der Waals surface area contributed by atoms with Gasteiger partial charge >= 0.3 is 12.1 Å². The molecule has 0 unspecified atom stereocenters. The van der Waals surface area contributed by atoms with Crippen molar-refractivity contribution in [2.24, 2.45) is 11.8 Å². The van der Waals surface area contributed by atoms with E-state index in [1.807, 2.05) is 0 Å². The van der Waals surface area contributed by atoms with E-state index in [2.05, 4.69) is 0 Å². The average Bonchev–Trinajstić information content (AvgIpc) is 2.99. The normalized spacial score (nSPS) is 20.6. The Hall–Kier alpha value is -2.32. The number of ether oxygens (including phenoxy) is 1. The van der Waals surface area contributed by atoms with E-state index in [1.54, 1.807) is 0 Å². The number of hydrogen-bond acceptors (Lipinski definition) is 3. The van der Waals surface area contributed by atoms with Gasteiger partial charge in [0.05, 0.1) is 18.4 Å². The van der Waals surface area contributed by atoms with E-state index in [-0.39, 0.29) is 19.4 Å². The highest BCUT2D eigenvalue weighted by Gasteiger charge is 2.53. The average molecular weight is 363 g/mol. The Morgan fingerprint density at radius 2 is 1.84 bits per heavy atom. The molecule has 1 aliphatic heterocycles. The second-order valence-electron chi connectivity index (χ2n) is 5.80. The summed E-state index contributed by atoms with van der Waals surface area (Å²) in [6.07, 6.45) is -4.47. The zero-order valence-electron chi connectivity index (χ0n) is 13.1. The monoisotopic (exact) mass is 363 g/mol. The third-order valence-corrected chi connectivity index (χ3v) is 4.03. The molecule has 0 aromatic heterocycles. The summed E-state index contributed by atoms with van der Waals surface area (Å²) in [4.78, 5) is 23.9. The van der Waals surface area contributed by atoms with Crippen molar-refractivity contribution in [3.05, 3.63) is 30.1 Å². The van der Waals surface area contributed by atoms with Crippen LogP contribution in [0.1, 0.15) is 12.8 Å². The van der Waals surface area contributed by atoms with Crippen molar-refractivity contribution in [2.75, 3.05) is 19.7 Å². The first-order chi connectivity index (χ1) is 11.7. The molecule has 1 N–H and O–H groups in total. The van der Waals surface area contributed by atoms with Gasteiger partial charge in [0.2, 0.25) is 5.91 Å². The molecule has 0 saturated carbocycles. The number of nitrogens with zero attached hydrogens (tertiary/aromatic N) is 1. The SMILES string of the molecule is O=C(O)[C@@H]1CN(C(=O)CCCOc2ccc(F)cc2)C[C@H]1C(F)(F)F. The van der Waals surface area contributed by atoms with Crippen LogP contribution in [0.25, 0.3) is 0 Å². The van der Waals surface area contributed by atoms with Crippen LogP contribution in [0.5, 0.6) is 5.75 Å². The molecule has 1 aromatic carbocycles. The van der Waals surface area contributed by atoms with Gasteiger partial charge in [0.15, 0.2) is 0 Å². The second-order valence-corrected chi connectivity index (χ2v) is 5.80. The quantitative estimate of drug-likeness (QED) is 0.623. The third-order valence-electron chi connectivity index (χ3n) is 4.03. The van der Waals surface area contributed by atoms with Crippen molar-refractivity contribution in [3.8, 4) is 5.75 Å². The molecular formula is C16H17F4NO4. The Morgan fingerprint density at radius 1 is 1.20 bits per heavy atom. The number of carbonyl (C=O) groups excluding carboxylic acids is 1. The Labute approximate surface area is 141 Å². The van der Waals surface area contributed by atoms with Gasteiger partial charge in [-0.1, -0.05) is 0 Å². The molecular weight excluding hydrogens is 346 g/mol. The number of benzene rings is 1. The number of hydrogen-bond donors (Lipinski definition) is 1. The number of carbonyl (C=O) groups is 2. The maximum absolute atomic E-state index is 12.9. The fourth-order valence-electron chi connectivity index (χ4n) is 2.69. The molecule has 1 aromatic rings. The minimum Gasteiger partial charge on any atom is -0.494 e. The summed E-state index contributed by atoms with van der Waals surface area (Å²) in [6, 6.07) is 5.27. The lowest BCUT2D eigenvalue weighted by Crippen LogP contribution is -2.34. The fraction of sp³-hybridized carbons (Fsp3) is 0.500. The first kappa shape index (κ1) is 19.0. The smallest absolute Gasteiger partial charge is 0.394 e. The zero-order chi connectivity index (χ0) is 18.6. The van der Waals surface area contributed by atoms with Crippen molar-refractivity contribution in [1.29, 1.82) is 0 Å². The van der Waals surface area contributed by atoms with Crippen LogP contribution in [-0.4, -0.2) is 47.8 Å². The zero-order valence-corrected chi connectivity index (χ0v) is 13.1. The van der Waals surface area contributed by atoms with Crippen LogP contribution in [0, 0.1) is 17.7 Å². The van der Waals surface area contributed by atoms with E-state index in [1.165, 1.54) is 24.3 Å². The molecule has 1 amide bonds. The number of alkyl halides is 3. The van der Waals surface area contributed by atoms with Crippen LogP contribution in [-0.2, 0) is 9.59 Å². The molecule has 1 fully saturated rings. The van der Waals surface area contributed by atoms with Crippen LogP contribution >= 0.6 is 0 Å². The highest BCUT2D eigenvalue weighted by molar-refractivity contribution is 5.79. The molecule has 0 bridgehead atoms. The van der Waals surface area contributed by atoms with Gasteiger partial charge in [-0.25, -0.2) is 4.39 Å². The van der Waals surface area contributed by atoms with Gasteiger partial charge in [-0.3, -0.25) is 9.59 Å². The van der Waals surface area contributed by atoms with Crippen molar-refractivity contribution in [1.82, 2.24) is 4.90 Å². The maximum atomic E-state index is 12.9. The van der Waals surface area contributed by atoms with Crippen molar-refractivity contribution >= 4 is 11.9 Å². The number of amides is 1. The summed E-state index contributed by atoms with van der Waals surface area (Å²) in [7, 11) is 0. The molecule has 1 saturated heterocycles. The lowest BCUT2D eigenvalue weighted by molar-refractivity contribution is -0.188. The Kier molecular flexibility index (Phi) is 5.86. The first-order valence-electron chi connectivity index (χ1n) is 7.64. The summed E-state index contributed by atoms with van der Waals surface area (Å²) in [5.41, 5.74) is 0. The Morgan fingerprint density at radius 3 is 2.36 bits per heavy atom. The third kappa shape index (κ3) is 5.07. The number of carboxylic acid groups (broad SMARTS) is 1. The van der Waals surface area contributed by atoms with Crippen LogP contribution in [0.3, 0.4) is 0 Å². The van der Waals surface area contributed by atoms with E-state index >= 15 is 0 Å². The molecule has 0 spiro atoms. The van der Waals surface area contributed by atoms with Crippen LogP contribution in [0.2, 0.25) is 0 Å². The first-order valence-corrected chi connectivity index (χ1v) is 7.64. The van der Waals surface area contributed by atoms with Gasteiger partial charge in [-0.15, -0.1) is 0 Å². The van der Waals surface area contributed by atoms with E-state index in [0.29, 0.717) is 5.75 Å². The summed E-state index contributed by atoms with van der Waals surface area (Å²) in [5.74, 6) is -5.79. The lowest BCUT2D eigenvalue weighted by atomic mass is 9.96. The van der Waals surface area contributed by atoms with E-state index < -0.39 is 48.8 Å². The largest absolute Gasteiger partial charge is 0.494 e. The van der Waals surface area contributed by atoms with Gasteiger partial charge in [0.1, 0.15) is 11.6 Å². The van der Waals surface area contributed by atoms with Gasteiger partial charge in [0.25, 0.3) is 0 Å². The minimum atomic E-state index is -4.66. The van der Waals surface area contributed by atoms with Crippen LogP contribution < -0.4 is 4.74 Å². The maximum Gasteiger partial charge on any atom is 0.394 e. The molecule has 138 valence electrons. The van der Waals surface area contributed by atoms with Gasteiger partial charge in [-0.2, -0.15) is 13.2 Å². The summed E-state index contributed by atoms with van der Waals surface area (Å²) < 4.78 is 56.7. The van der Waals surface area contributed by atoms with Gasteiger partial charge in [0, 0.05) is 19.5 Å². The number of halogens is 4. The van der Waals surface area contributed by atoms with Crippen molar-refractivity contribution in [3.63, 3.8) is 0 Å². The molecule has 25 heavy (non-hydrogen) atoms. The standard InChI is InChI=1S/C16H17F4NO4/c17-10-3-5-11(6-4-10)25-7-1-2-14(22)21-8-12(15(23)24)13(9-21)16(18,19)20/h3-6,12-13H,1-2,7-9H2,(H,23,24)/t12-,13-/m1/s1. The Bertz CT molecular complexity index is 618. The van der Waals surface area contributed by atoms with E-state index in [4.69, 9.17) is 9.84 Å². The molecule has 0 aliphatic carbocycles. The minimum absolute atomic E-state index is 0.0574.